The Morgan fingerprint density at radius 2 is 2.00 bits per heavy atom. The normalized spacial score (nSPS) is 18.1. The van der Waals surface area contributed by atoms with Crippen LogP contribution in [0.4, 0.5) is 13.2 Å². The number of carbonyl (C=O) groups is 1. The van der Waals surface area contributed by atoms with Gasteiger partial charge in [-0.05, 0) is 25.1 Å². The molecule has 29 heavy (non-hydrogen) atoms. The van der Waals surface area contributed by atoms with Crippen molar-refractivity contribution in [2.75, 3.05) is 6.54 Å². The molecule has 1 aliphatic rings. The van der Waals surface area contributed by atoms with Crippen LogP contribution in [-0.4, -0.2) is 33.3 Å². The van der Waals surface area contributed by atoms with Crippen molar-refractivity contribution in [2.45, 2.75) is 25.6 Å². The molecule has 1 unspecified atom stereocenters. The lowest BCUT2D eigenvalue weighted by molar-refractivity contribution is -0.137. The molecule has 4 rings (SSSR count). The number of alkyl halides is 3. The van der Waals surface area contributed by atoms with Crippen molar-refractivity contribution in [1.82, 2.24) is 20.1 Å². The zero-order valence-electron chi connectivity index (χ0n) is 15.8. The number of hydrogen-bond donors (Lipinski definition) is 1. The second-order valence-electron chi connectivity index (χ2n) is 7.21. The van der Waals surface area contributed by atoms with Crippen molar-refractivity contribution >= 4 is 16.8 Å². The zero-order chi connectivity index (χ0) is 20.8. The van der Waals surface area contributed by atoms with Gasteiger partial charge in [-0.3, -0.25) is 9.48 Å². The number of halogens is 3. The molecule has 1 aliphatic heterocycles. The van der Waals surface area contributed by atoms with Crippen LogP contribution in [-0.2, 0) is 18.0 Å². The highest BCUT2D eigenvalue weighted by Crippen LogP contribution is 2.33. The Kier molecular flexibility index (Phi) is 4.68. The molecule has 0 radical (unpaired) electrons. The SMILES string of the molecule is CC(Oc1nc(-c2ccc(C(F)(F)F)cc2)cc2nn(C)cc12)[C@H]1CNC(=O)C1. The summed E-state index contributed by atoms with van der Waals surface area (Å²) in [6, 6.07) is 6.53. The van der Waals surface area contributed by atoms with Crippen molar-refractivity contribution in [1.29, 1.82) is 0 Å². The number of rotatable bonds is 4. The molecule has 152 valence electrons. The summed E-state index contributed by atoms with van der Waals surface area (Å²) in [5.41, 5.74) is 0.900. The van der Waals surface area contributed by atoms with Crippen molar-refractivity contribution in [3.05, 3.63) is 42.1 Å². The fraction of sp³-hybridized carbons (Fsp3) is 0.350. The topological polar surface area (TPSA) is 69.0 Å². The number of aromatic nitrogens is 3. The second-order valence-corrected chi connectivity index (χ2v) is 7.21. The highest BCUT2D eigenvalue weighted by atomic mass is 19.4. The van der Waals surface area contributed by atoms with Gasteiger partial charge < -0.3 is 10.1 Å². The third-order valence-electron chi connectivity index (χ3n) is 5.06. The maximum Gasteiger partial charge on any atom is 0.416 e. The monoisotopic (exact) mass is 404 g/mol. The number of carbonyl (C=O) groups excluding carboxylic acids is 1. The van der Waals surface area contributed by atoms with Crippen LogP contribution in [0.15, 0.2) is 36.5 Å². The predicted octanol–water partition coefficient (Wildman–Crippen LogP) is 3.56. The number of fused-ring (bicyclic) bond motifs is 1. The molecule has 6 nitrogen and oxygen atoms in total. The zero-order valence-corrected chi connectivity index (χ0v) is 15.8. The number of amides is 1. The molecule has 1 N–H and O–H groups in total. The molecule has 0 spiro atoms. The maximum absolute atomic E-state index is 12.8. The van der Waals surface area contributed by atoms with E-state index in [1.54, 1.807) is 24.0 Å². The Balaban J connectivity index is 1.70. The highest BCUT2D eigenvalue weighted by Gasteiger charge is 2.30. The molecule has 1 amide bonds. The van der Waals surface area contributed by atoms with Crippen LogP contribution in [0.25, 0.3) is 22.2 Å². The average molecular weight is 404 g/mol. The van der Waals surface area contributed by atoms with E-state index in [1.165, 1.54) is 12.1 Å². The van der Waals surface area contributed by atoms with E-state index in [2.05, 4.69) is 15.4 Å². The van der Waals surface area contributed by atoms with Gasteiger partial charge in [0.15, 0.2) is 0 Å². The summed E-state index contributed by atoms with van der Waals surface area (Å²) in [6.45, 7) is 2.41. The van der Waals surface area contributed by atoms with E-state index in [4.69, 9.17) is 4.74 Å². The van der Waals surface area contributed by atoms with Gasteiger partial charge in [0.25, 0.3) is 0 Å². The molecule has 3 aromatic rings. The van der Waals surface area contributed by atoms with Crippen molar-refractivity contribution < 1.29 is 22.7 Å². The lowest BCUT2D eigenvalue weighted by Crippen LogP contribution is -2.26. The number of ether oxygens (including phenoxy) is 1. The summed E-state index contributed by atoms with van der Waals surface area (Å²) >= 11 is 0. The number of hydrogen-bond acceptors (Lipinski definition) is 4. The molecule has 0 saturated carbocycles. The van der Waals surface area contributed by atoms with Gasteiger partial charge in [-0.25, -0.2) is 4.98 Å². The summed E-state index contributed by atoms with van der Waals surface area (Å²) in [5, 5.41) is 7.87. The van der Waals surface area contributed by atoms with E-state index in [1.807, 2.05) is 6.92 Å². The molecule has 9 heteroatoms. The molecule has 0 aliphatic carbocycles. The largest absolute Gasteiger partial charge is 0.474 e. The van der Waals surface area contributed by atoms with Gasteiger partial charge in [0.05, 0.1) is 22.2 Å². The minimum Gasteiger partial charge on any atom is -0.474 e. The molecule has 3 heterocycles. The van der Waals surface area contributed by atoms with Crippen molar-refractivity contribution in [2.24, 2.45) is 13.0 Å². The Labute approximate surface area is 164 Å². The third-order valence-corrected chi connectivity index (χ3v) is 5.06. The average Bonchev–Trinajstić information content (AvgIpc) is 3.26. The summed E-state index contributed by atoms with van der Waals surface area (Å²) in [5.74, 6) is 0.353. The smallest absolute Gasteiger partial charge is 0.416 e. The van der Waals surface area contributed by atoms with Gasteiger partial charge in [0, 0.05) is 37.7 Å². The second kappa shape index (κ2) is 7.06. The minimum absolute atomic E-state index is 0.0107. The van der Waals surface area contributed by atoms with Gasteiger partial charge in [-0.2, -0.15) is 18.3 Å². The van der Waals surface area contributed by atoms with Crippen molar-refractivity contribution in [3.63, 3.8) is 0 Å². The number of benzene rings is 1. The summed E-state index contributed by atoms with van der Waals surface area (Å²) in [4.78, 5) is 16.0. The number of pyridine rings is 1. The Morgan fingerprint density at radius 3 is 2.62 bits per heavy atom. The van der Waals surface area contributed by atoms with Gasteiger partial charge >= 0.3 is 6.18 Å². The van der Waals surface area contributed by atoms with Gasteiger partial charge in [-0.1, -0.05) is 12.1 Å². The van der Waals surface area contributed by atoms with Crippen LogP contribution >= 0.6 is 0 Å². The lowest BCUT2D eigenvalue weighted by atomic mass is 10.0. The van der Waals surface area contributed by atoms with E-state index in [9.17, 15) is 18.0 Å². The number of nitrogens with zero attached hydrogens (tertiary/aromatic N) is 3. The maximum atomic E-state index is 12.8. The Hall–Kier alpha value is -3.10. The molecule has 1 saturated heterocycles. The summed E-state index contributed by atoms with van der Waals surface area (Å²) < 4.78 is 46.2. The van der Waals surface area contributed by atoms with Crippen LogP contribution in [0, 0.1) is 5.92 Å². The lowest BCUT2D eigenvalue weighted by Gasteiger charge is -2.19. The van der Waals surface area contributed by atoms with Gasteiger partial charge in [0.1, 0.15) is 6.10 Å². The first-order chi connectivity index (χ1) is 13.7. The highest BCUT2D eigenvalue weighted by molar-refractivity contribution is 5.86. The molecule has 2 atom stereocenters. The first-order valence-electron chi connectivity index (χ1n) is 9.16. The van der Waals surface area contributed by atoms with Crippen molar-refractivity contribution in [3.8, 4) is 17.1 Å². The first-order valence-corrected chi connectivity index (χ1v) is 9.16. The van der Waals surface area contributed by atoms with E-state index >= 15 is 0 Å². The fourth-order valence-electron chi connectivity index (χ4n) is 3.41. The Bertz CT molecular complexity index is 1060. The van der Waals surface area contributed by atoms with Crippen LogP contribution in [0.1, 0.15) is 18.9 Å². The molecule has 0 bridgehead atoms. The third kappa shape index (κ3) is 3.90. The molecule has 2 aromatic heterocycles. The van der Waals surface area contributed by atoms with E-state index in [0.29, 0.717) is 41.0 Å². The number of nitrogens with one attached hydrogen (secondary N) is 1. The fourth-order valence-corrected chi connectivity index (χ4v) is 3.41. The number of aryl methyl sites for hydroxylation is 1. The van der Waals surface area contributed by atoms with Gasteiger partial charge in [-0.15, -0.1) is 0 Å². The minimum atomic E-state index is -4.40. The van der Waals surface area contributed by atoms with Gasteiger partial charge in [0.2, 0.25) is 11.8 Å². The summed E-state index contributed by atoms with van der Waals surface area (Å²) in [7, 11) is 1.77. The molecule has 1 aromatic carbocycles. The Morgan fingerprint density at radius 1 is 1.28 bits per heavy atom. The van der Waals surface area contributed by atoms with E-state index < -0.39 is 11.7 Å². The van der Waals surface area contributed by atoms with Crippen LogP contribution < -0.4 is 10.1 Å². The summed E-state index contributed by atoms with van der Waals surface area (Å²) in [6.07, 6.45) is -2.50. The van der Waals surface area contributed by atoms with Crippen LogP contribution in [0.5, 0.6) is 5.88 Å². The van der Waals surface area contributed by atoms with Crippen LogP contribution in [0.2, 0.25) is 0 Å². The molecular weight excluding hydrogens is 385 g/mol. The standard InChI is InChI=1S/C20H19F3N4O2/c1-11(13-7-18(28)24-9-13)29-19-15-10-27(2)26-17(15)8-16(25-19)12-3-5-14(6-4-12)20(21,22)23/h3-6,8,10-11,13H,7,9H2,1-2H3,(H,24,28)/t11?,13-/m1/s1. The first kappa shape index (κ1) is 19.2. The molecule has 1 fully saturated rings. The van der Waals surface area contributed by atoms with Crippen LogP contribution in [0.3, 0.4) is 0 Å². The quantitative estimate of drug-likeness (QED) is 0.722. The molecular formula is C20H19F3N4O2. The predicted molar refractivity (Wildman–Crippen MR) is 100 cm³/mol. The van der Waals surface area contributed by atoms with E-state index in [-0.39, 0.29) is 17.9 Å². The van der Waals surface area contributed by atoms with E-state index in [0.717, 1.165) is 12.1 Å².